The van der Waals surface area contributed by atoms with Crippen molar-refractivity contribution in [2.24, 2.45) is 27.4 Å². The fourth-order valence-electron chi connectivity index (χ4n) is 1.67. The van der Waals surface area contributed by atoms with Gasteiger partial charge in [0.25, 0.3) is 0 Å². The van der Waals surface area contributed by atoms with Crippen molar-refractivity contribution in [1.29, 1.82) is 0 Å². The topological polar surface area (TPSA) is 80.0 Å². The maximum absolute atomic E-state index is 5.65. The van der Waals surface area contributed by atoms with Gasteiger partial charge < -0.3 is 16.4 Å². The highest BCUT2D eigenvalue weighted by atomic mass is 15.2. The summed E-state index contributed by atoms with van der Waals surface area (Å²) in [5, 5.41) is 0. The lowest BCUT2D eigenvalue weighted by molar-refractivity contribution is 0.562. The van der Waals surface area contributed by atoms with Crippen molar-refractivity contribution in [2.75, 3.05) is 20.6 Å². The number of nitrogens with zero attached hydrogens (tertiary/aromatic N) is 3. The monoisotopic (exact) mass is 211 g/mol. The molecule has 86 valence electrons. The van der Waals surface area contributed by atoms with Crippen LogP contribution >= 0.6 is 0 Å². The van der Waals surface area contributed by atoms with Gasteiger partial charge >= 0.3 is 0 Å². The summed E-state index contributed by atoms with van der Waals surface area (Å²) in [4.78, 5) is 9.92. The molecule has 1 rings (SSSR count). The molecule has 0 aromatic rings. The van der Waals surface area contributed by atoms with Crippen LogP contribution in [0.1, 0.15) is 25.7 Å². The molecule has 5 nitrogen and oxygen atoms in total. The van der Waals surface area contributed by atoms with Gasteiger partial charge in [-0.15, -0.1) is 0 Å². The van der Waals surface area contributed by atoms with E-state index < -0.39 is 0 Å². The summed E-state index contributed by atoms with van der Waals surface area (Å²) in [6.07, 6.45) is 5.18. The molecule has 5 heteroatoms. The predicted octanol–water partition coefficient (Wildman–Crippen LogP) is 0.368. The highest BCUT2D eigenvalue weighted by Gasteiger charge is 2.13. The van der Waals surface area contributed by atoms with Crippen LogP contribution in [0.2, 0.25) is 0 Å². The molecule has 0 aromatic heterocycles. The molecule has 0 aliphatic heterocycles. The fraction of sp³-hybridized carbons (Fsp3) is 0.800. The highest BCUT2D eigenvalue weighted by molar-refractivity contribution is 5.93. The van der Waals surface area contributed by atoms with E-state index in [1.807, 2.05) is 14.1 Å². The van der Waals surface area contributed by atoms with Crippen LogP contribution in [0.5, 0.6) is 0 Å². The standard InChI is InChI=1S/C10H21N5/c1-15(2)10(12)14-9(11)13-7-8-5-3-4-6-8/h8H,3-7H2,1-2H3,(H4,11,12,13,14). The van der Waals surface area contributed by atoms with E-state index >= 15 is 0 Å². The van der Waals surface area contributed by atoms with E-state index in [0.717, 1.165) is 6.54 Å². The van der Waals surface area contributed by atoms with Crippen LogP contribution in [0.15, 0.2) is 9.98 Å². The molecule has 0 atom stereocenters. The van der Waals surface area contributed by atoms with Gasteiger partial charge in [0.2, 0.25) is 5.96 Å². The van der Waals surface area contributed by atoms with E-state index in [-0.39, 0.29) is 5.96 Å². The minimum atomic E-state index is 0.285. The molecule has 0 bridgehead atoms. The zero-order valence-corrected chi connectivity index (χ0v) is 9.61. The van der Waals surface area contributed by atoms with Crippen molar-refractivity contribution < 1.29 is 0 Å². The predicted molar refractivity (Wildman–Crippen MR) is 63.8 cm³/mol. The van der Waals surface area contributed by atoms with E-state index in [1.54, 1.807) is 4.90 Å². The van der Waals surface area contributed by atoms with Crippen LogP contribution in [0.3, 0.4) is 0 Å². The van der Waals surface area contributed by atoms with E-state index in [4.69, 9.17) is 11.5 Å². The molecule has 15 heavy (non-hydrogen) atoms. The molecule has 0 amide bonds. The van der Waals surface area contributed by atoms with Crippen molar-refractivity contribution in [3.63, 3.8) is 0 Å². The lowest BCUT2D eigenvalue weighted by atomic mass is 10.1. The molecule has 1 aliphatic carbocycles. The van der Waals surface area contributed by atoms with Crippen molar-refractivity contribution in [2.45, 2.75) is 25.7 Å². The molecule has 0 aromatic carbocycles. The second-order valence-electron chi connectivity index (χ2n) is 4.21. The molecule has 1 saturated carbocycles. The van der Waals surface area contributed by atoms with Crippen LogP contribution in [-0.2, 0) is 0 Å². The summed E-state index contributed by atoms with van der Waals surface area (Å²) in [6.45, 7) is 0.788. The van der Waals surface area contributed by atoms with Gasteiger partial charge in [-0.2, -0.15) is 4.99 Å². The average Bonchev–Trinajstić information content (AvgIpc) is 2.66. The minimum Gasteiger partial charge on any atom is -0.369 e. The van der Waals surface area contributed by atoms with Crippen LogP contribution in [0.4, 0.5) is 0 Å². The van der Waals surface area contributed by atoms with E-state index in [2.05, 4.69) is 9.98 Å². The van der Waals surface area contributed by atoms with Gasteiger partial charge in [0.1, 0.15) is 0 Å². The Bertz CT molecular complexity index is 251. The maximum atomic E-state index is 5.65. The Kier molecular flexibility index (Phi) is 4.39. The number of hydrogen-bond donors (Lipinski definition) is 2. The van der Waals surface area contributed by atoms with Crippen molar-refractivity contribution in [1.82, 2.24) is 4.90 Å². The molecular weight excluding hydrogens is 190 g/mol. The zero-order chi connectivity index (χ0) is 11.3. The normalized spacial score (nSPS) is 19.6. The van der Waals surface area contributed by atoms with Crippen LogP contribution in [-0.4, -0.2) is 37.5 Å². The summed E-state index contributed by atoms with van der Waals surface area (Å²) in [5.74, 6) is 1.37. The third-order valence-electron chi connectivity index (χ3n) is 2.67. The fourth-order valence-corrected chi connectivity index (χ4v) is 1.67. The molecule has 4 N–H and O–H groups in total. The summed E-state index contributed by atoms with van der Waals surface area (Å²) < 4.78 is 0. The second kappa shape index (κ2) is 5.58. The third-order valence-corrected chi connectivity index (χ3v) is 2.67. The Morgan fingerprint density at radius 3 is 2.40 bits per heavy atom. The van der Waals surface area contributed by atoms with E-state index in [9.17, 15) is 0 Å². The Hall–Kier alpha value is -1.26. The minimum absolute atomic E-state index is 0.285. The van der Waals surface area contributed by atoms with Gasteiger partial charge in [-0.25, -0.2) is 0 Å². The summed E-state index contributed by atoms with van der Waals surface area (Å²) in [6, 6.07) is 0. The second-order valence-corrected chi connectivity index (χ2v) is 4.21. The largest absolute Gasteiger partial charge is 0.369 e. The molecule has 0 heterocycles. The van der Waals surface area contributed by atoms with Crippen molar-refractivity contribution in [3.05, 3.63) is 0 Å². The van der Waals surface area contributed by atoms with Gasteiger partial charge in [-0.1, -0.05) is 12.8 Å². The first-order chi connectivity index (χ1) is 7.09. The Balaban J connectivity index is 2.41. The number of guanidine groups is 2. The Labute approximate surface area is 91.2 Å². The Morgan fingerprint density at radius 1 is 1.27 bits per heavy atom. The van der Waals surface area contributed by atoms with E-state index in [0.29, 0.717) is 11.9 Å². The number of hydrogen-bond acceptors (Lipinski definition) is 1. The highest BCUT2D eigenvalue weighted by Crippen LogP contribution is 2.24. The molecule has 1 aliphatic rings. The number of rotatable bonds is 2. The zero-order valence-electron chi connectivity index (χ0n) is 9.61. The molecule has 0 unspecified atom stereocenters. The third kappa shape index (κ3) is 4.18. The van der Waals surface area contributed by atoms with Crippen molar-refractivity contribution in [3.8, 4) is 0 Å². The van der Waals surface area contributed by atoms with Gasteiger partial charge in [-0.3, -0.25) is 4.99 Å². The quantitative estimate of drug-likeness (QED) is 0.511. The van der Waals surface area contributed by atoms with Gasteiger partial charge in [0, 0.05) is 20.6 Å². The lowest BCUT2D eigenvalue weighted by Crippen LogP contribution is -2.32. The van der Waals surface area contributed by atoms with E-state index in [1.165, 1.54) is 25.7 Å². The van der Waals surface area contributed by atoms with Gasteiger partial charge in [-0.05, 0) is 18.8 Å². The molecule has 0 radical (unpaired) electrons. The summed E-state index contributed by atoms with van der Waals surface area (Å²) in [5.41, 5.74) is 11.3. The van der Waals surface area contributed by atoms with Gasteiger partial charge in [0.05, 0.1) is 0 Å². The molecule has 0 saturated heterocycles. The van der Waals surface area contributed by atoms with Crippen LogP contribution in [0, 0.1) is 5.92 Å². The first-order valence-corrected chi connectivity index (χ1v) is 5.41. The number of nitrogens with two attached hydrogens (primary N) is 2. The van der Waals surface area contributed by atoms with Crippen molar-refractivity contribution >= 4 is 11.9 Å². The Morgan fingerprint density at radius 2 is 1.87 bits per heavy atom. The molecule has 1 fully saturated rings. The van der Waals surface area contributed by atoms with Crippen LogP contribution in [0.25, 0.3) is 0 Å². The van der Waals surface area contributed by atoms with Crippen LogP contribution < -0.4 is 11.5 Å². The summed E-state index contributed by atoms with van der Waals surface area (Å²) in [7, 11) is 3.65. The average molecular weight is 211 g/mol. The lowest BCUT2D eigenvalue weighted by Gasteiger charge is -2.10. The molecular formula is C10H21N5. The molecule has 0 spiro atoms. The smallest absolute Gasteiger partial charge is 0.218 e. The first kappa shape index (κ1) is 11.8. The van der Waals surface area contributed by atoms with Gasteiger partial charge in [0.15, 0.2) is 5.96 Å². The SMILES string of the molecule is CN(C)C(N)=NC(N)=NCC1CCCC1. The summed E-state index contributed by atoms with van der Waals surface area (Å²) >= 11 is 0. The first-order valence-electron chi connectivity index (χ1n) is 5.41. The maximum Gasteiger partial charge on any atom is 0.218 e. The number of aliphatic imine (C=N–C) groups is 2.